The number of carbonyl (C=O) groups is 2. The van der Waals surface area contributed by atoms with Gasteiger partial charge in [0.05, 0.1) is 5.57 Å². The van der Waals surface area contributed by atoms with Crippen molar-refractivity contribution in [3.8, 4) is 5.75 Å². The second-order valence-corrected chi connectivity index (χ2v) is 5.06. The zero-order chi connectivity index (χ0) is 14.4. The Balaban J connectivity index is 2.96. The molecular weight excluding hydrogens is 271 g/mol. The van der Waals surface area contributed by atoms with Crippen molar-refractivity contribution in [2.45, 2.75) is 12.8 Å². The minimum absolute atomic E-state index is 0.117. The van der Waals surface area contributed by atoms with E-state index in [4.69, 9.17) is 10.2 Å². The average Bonchev–Trinajstić information content (AvgIpc) is 2.34. The third kappa shape index (κ3) is 4.52. The number of para-hydroxylation sites is 1. The first kappa shape index (κ1) is 14.9. The molecule has 1 unspecified atom stereocenters. The highest BCUT2D eigenvalue weighted by molar-refractivity contribution is 7.57. The van der Waals surface area contributed by atoms with Gasteiger partial charge in [-0.3, -0.25) is 4.79 Å². The maximum absolute atomic E-state index is 11.9. The first-order chi connectivity index (χ1) is 8.91. The van der Waals surface area contributed by atoms with Gasteiger partial charge in [-0.15, -0.1) is 0 Å². The molecular formula is C12H12O6P+. The van der Waals surface area contributed by atoms with Crippen LogP contribution in [0.5, 0.6) is 5.75 Å². The highest BCUT2D eigenvalue weighted by atomic mass is 31.1. The Morgan fingerprint density at radius 1 is 1.16 bits per heavy atom. The number of rotatable bonds is 6. The van der Waals surface area contributed by atoms with Crippen LogP contribution in [-0.4, -0.2) is 27.3 Å². The van der Waals surface area contributed by atoms with Crippen LogP contribution >= 0.6 is 7.80 Å². The Hall–Kier alpha value is -2.20. The SMILES string of the molecule is O=C(O)CCC(=C[P+](=O)c1ccccc1O)C(=O)O. The molecule has 6 nitrogen and oxygen atoms in total. The predicted molar refractivity (Wildman–Crippen MR) is 67.9 cm³/mol. The molecule has 0 fully saturated rings. The summed E-state index contributed by atoms with van der Waals surface area (Å²) in [4.78, 5) is 21.3. The Labute approximate surface area is 109 Å². The highest BCUT2D eigenvalue weighted by Gasteiger charge is 2.24. The second kappa shape index (κ2) is 6.66. The molecule has 0 aliphatic carbocycles. The third-order valence-corrected chi connectivity index (χ3v) is 3.67. The summed E-state index contributed by atoms with van der Waals surface area (Å²) >= 11 is 0. The molecule has 1 aromatic carbocycles. The standard InChI is InChI=1S/C12H11O6P/c13-9-3-1-2-4-10(9)19(18)7-8(12(16)17)5-6-11(14)15/h1-4,7H,5-6H2,(H2-,13,14,15,16,17,18)/p+1. The molecule has 0 saturated carbocycles. The lowest BCUT2D eigenvalue weighted by Crippen LogP contribution is -2.04. The second-order valence-electron chi connectivity index (χ2n) is 3.67. The van der Waals surface area contributed by atoms with Crippen molar-refractivity contribution in [3.05, 3.63) is 35.7 Å². The van der Waals surface area contributed by atoms with Crippen molar-refractivity contribution in [2.75, 3.05) is 0 Å². The van der Waals surface area contributed by atoms with Gasteiger partial charge in [0, 0.05) is 6.42 Å². The van der Waals surface area contributed by atoms with E-state index >= 15 is 0 Å². The molecule has 0 radical (unpaired) electrons. The quantitative estimate of drug-likeness (QED) is 0.541. The van der Waals surface area contributed by atoms with Gasteiger partial charge in [-0.05, 0) is 18.6 Å². The molecule has 7 heteroatoms. The van der Waals surface area contributed by atoms with E-state index in [0.29, 0.717) is 0 Å². The summed E-state index contributed by atoms with van der Waals surface area (Å²) in [7, 11) is -2.23. The van der Waals surface area contributed by atoms with Gasteiger partial charge in [0.1, 0.15) is 0 Å². The van der Waals surface area contributed by atoms with E-state index < -0.39 is 19.7 Å². The van der Waals surface area contributed by atoms with Crippen LogP contribution in [0.2, 0.25) is 0 Å². The van der Waals surface area contributed by atoms with E-state index in [9.17, 15) is 19.3 Å². The van der Waals surface area contributed by atoms with Crippen molar-refractivity contribution in [3.63, 3.8) is 0 Å². The van der Waals surface area contributed by atoms with Crippen LogP contribution in [0, 0.1) is 0 Å². The molecule has 0 amide bonds. The van der Waals surface area contributed by atoms with Gasteiger partial charge in [-0.25, -0.2) is 4.79 Å². The summed E-state index contributed by atoms with van der Waals surface area (Å²) < 4.78 is 11.9. The molecule has 0 aromatic heterocycles. The normalized spacial score (nSPS) is 12.0. The van der Waals surface area contributed by atoms with E-state index in [1.54, 1.807) is 12.1 Å². The first-order valence-corrected chi connectivity index (χ1v) is 6.65. The molecule has 1 atom stereocenters. The van der Waals surface area contributed by atoms with Gasteiger partial charge in [0.15, 0.2) is 11.6 Å². The topological polar surface area (TPSA) is 112 Å². The van der Waals surface area contributed by atoms with Crippen molar-refractivity contribution >= 4 is 25.0 Å². The number of aromatic hydroxyl groups is 1. The number of carboxylic acids is 2. The first-order valence-electron chi connectivity index (χ1n) is 5.32. The lowest BCUT2D eigenvalue weighted by atomic mass is 10.2. The van der Waals surface area contributed by atoms with E-state index in [2.05, 4.69) is 0 Å². The van der Waals surface area contributed by atoms with Crippen molar-refractivity contribution < 1.29 is 29.5 Å². The summed E-state index contributed by atoms with van der Waals surface area (Å²) in [5, 5.41) is 27.0. The molecule has 0 spiro atoms. The molecule has 19 heavy (non-hydrogen) atoms. The van der Waals surface area contributed by atoms with Crippen LogP contribution < -0.4 is 5.30 Å². The fourth-order valence-electron chi connectivity index (χ4n) is 1.33. The Kier molecular flexibility index (Phi) is 5.21. The highest BCUT2D eigenvalue weighted by Crippen LogP contribution is 2.29. The minimum Gasteiger partial charge on any atom is -0.504 e. The van der Waals surface area contributed by atoms with E-state index in [1.807, 2.05) is 0 Å². The van der Waals surface area contributed by atoms with Gasteiger partial charge < -0.3 is 15.3 Å². The fourth-order valence-corrected chi connectivity index (χ4v) is 2.52. The maximum atomic E-state index is 11.9. The Morgan fingerprint density at radius 2 is 1.79 bits per heavy atom. The van der Waals surface area contributed by atoms with Gasteiger partial charge in [0.2, 0.25) is 5.30 Å². The number of phenolic OH excluding ortho intramolecular Hbond substituents is 1. The lowest BCUT2D eigenvalue weighted by molar-refractivity contribution is -0.137. The van der Waals surface area contributed by atoms with Crippen LogP contribution in [-0.2, 0) is 14.2 Å². The summed E-state index contributed by atoms with van der Waals surface area (Å²) in [5.74, 6) is -1.66. The molecule has 3 N–H and O–H groups in total. The molecule has 100 valence electrons. The van der Waals surface area contributed by atoms with Crippen molar-refractivity contribution in [2.24, 2.45) is 0 Å². The molecule has 1 aromatic rings. The summed E-state index contributed by atoms with van der Waals surface area (Å²) in [6.07, 6.45) is -0.582. The van der Waals surface area contributed by atoms with Crippen molar-refractivity contribution in [1.29, 1.82) is 0 Å². The predicted octanol–water partition coefficient (Wildman–Crippen LogP) is 1.68. The Morgan fingerprint density at radius 3 is 2.32 bits per heavy atom. The zero-order valence-electron chi connectivity index (χ0n) is 9.81. The lowest BCUT2D eigenvalue weighted by Gasteiger charge is -1.96. The number of hydrogen-bond donors (Lipinski definition) is 3. The number of aliphatic carboxylic acids is 2. The zero-order valence-corrected chi connectivity index (χ0v) is 10.7. The summed E-state index contributed by atoms with van der Waals surface area (Å²) in [6, 6.07) is 5.87. The smallest absolute Gasteiger partial charge is 0.412 e. The number of benzene rings is 1. The largest absolute Gasteiger partial charge is 0.504 e. The van der Waals surface area contributed by atoms with Crippen molar-refractivity contribution in [1.82, 2.24) is 0 Å². The monoisotopic (exact) mass is 283 g/mol. The number of phenols is 1. The van der Waals surface area contributed by atoms with Gasteiger partial charge in [-0.1, -0.05) is 16.7 Å². The minimum atomic E-state index is -2.23. The van der Waals surface area contributed by atoms with Gasteiger partial charge in [0.25, 0.3) is 0 Å². The van der Waals surface area contributed by atoms with Gasteiger partial charge in [-0.2, -0.15) is 0 Å². The molecule has 0 aliphatic rings. The van der Waals surface area contributed by atoms with Crippen LogP contribution in [0.4, 0.5) is 0 Å². The molecule has 0 heterocycles. The third-order valence-electron chi connectivity index (χ3n) is 2.28. The number of hydrogen-bond acceptors (Lipinski definition) is 4. The Bertz CT molecular complexity index is 549. The van der Waals surface area contributed by atoms with Crippen LogP contribution in [0.25, 0.3) is 0 Å². The average molecular weight is 283 g/mol. The molecule has 1 rings (SSSR count). The molecule has 0 saturated heterocycles. The number of carboxylic acid groups (broad SMARTS) is 2. The molecule has 0 bridgehead atoms. The van der Waals surface area contributed by atoms with E-state index in [1.165, 1.54) is 12.1 Å². The maximum Gasteiger partial charge on any atom is 0.412 e. The molecule has 0 aliphatic heterocycles. The fraction of sp³-hybridized carbons (Fsp3) is 0.167. The van der Waals surface area contributed by atoms with E-state index in [0.717, 1.165) is 5.82 Å². The summed E-state index contributed by atoms with van der Waals surface area (Å²) in [5.41, 5.74) is -0.244. The summed E-state index contributed by atoms with van der Waals surface area (Å²) in [6.45, 7) is 0. The van der Waals surface area contributed by atoms with Crippen LogP contribution in [0.3, 0.4) is 0 Å². The van der Waals surface area contributed by atoms with Crippen LogP contribution in [0.15, 0.2) is 35.7 Å². The van der Waals surface area contributed by atoms with Gasteiger partial charge >= 0.3 is 19.7 Å². The van der Waals surface area contributed by atoms with Crippen LogP contribution in [0.1, 0.15) is 12.8 Å². The van der Waals surface area contributed by atoms with E-state index in [-0.39, 0.29) is 29.5 Å².